The number of hydrogen-bond donors (Lipinski definition) is 0. The predicted octanol–water partition coefficient (Wildman–Crippen LogP) is 8.39. The summed E-state index contributed by atoms with van der Waals surface area (Å²) in [4.78, 5) is 0. The number of ether oxygens (including phenoxy) is 1. The van der Waals surface area contributed by atoms with Crippen molar-refractivity contribution < 1.29 is 13.5 Å². The molecule has 0 aromatic heterocycles. The van der Waals surface area contributed by atoms with E-state index in [2.05, 4.69) is 26.0 Å². The van der Waals surface area contributed by atoms with Gasteiger partial charge in [-0.1, -0.05) is 44.8 Å². The normalized spacial score (nSPS) is 44.7. The number of alkyl halides is 2. The molecule has 30 heavy (non-hydrogen) atoms. The molecule has 0 spiro atoms. The third-order valence-corrected chi connectivity index (χ3v) is 9.36. The molecule has 0 aromatic rings. The average Bonchev–Trinajstić information content (AvgIpc) is 2.75. The van der Waals surface area contributed by atoms with E-state index in [4.69, 9.17) is 4.74 Å². The highest BCUT2D eigenvalue weighted by Gasteiger charge is 2.62. The Morgan fingerprint density at radius 3 is 1.83 bits per heavy atom. The van der Waals surface area contributed by atoms with E-state index in [1.807, 2.05) is 0 Å². The summed E-state index contributed by atoms with van der Waals surface area (Å²) in [5.41, 5.74) is 0. The first-order chi connectivity index (χ1) is 14.5. The van der Waals surface area contributed by atoms with Gasteiger partial charge in [0.25, 0.3) is 0 Å². The van der Waals surface area contributed by atoms with Crippen LogP contribution in [0.5, 0.6) is 0 Å². The van der Waals surface area contributed by atoms with Crippen LogP contribution in [0.15, 0.2) is 12.2 Å². The van der Waals surface area contributed by atoms with Crippen molar-refractivity contribution in [2.45, 2.75) is 116 Å². The van der Waals surface area contributed by atoms with Crippen LogP contribution in [0.3, 0.4) is 0 Å². The van der Waals surface area contributed by atoms with Crippen LogP contribution < -0.4 is 0 Å². The molecule has 0 radical (unpaired) electrons. The Balaban J connectivity index is 1.27. The quantitative estimate of drug-likeness (QED) is 0.390. The van der Waals surface area contributed by atoms with E-state index in [0.29, 0.717) is 5.92 Å². The fraction of sp³-hybridized carbons (Fsp3) is 0.926. The molecule has 1 aliphatic heterocycles. The molecule has 3 aliphatic carbocycles. The Kier molecular flexibility index (Phi) is 7.59. The summed E-state index contributed by atoms with van der Waals surface area (Å²) in [6.45, 7) is 4.37. The van der Waals surface area contributed by atoms with Crippen LogP contribution in [-0.4, -0.2) is 12.2 Å². The Hall–Kier alpha value is -0.440. The second-order valence-electron chi connectivity index (χ2n) is 11.1. The summed E-state index contributed by atoms with van der Waals surface area (Å²) in [6, 6.07) is 0. The SMILES string of the molecule is C/C=C/[C@H]1CC[C@H](C2CCC([C@H]3[C@H](C4CCC(CCC)CC4)OC3(F)F)CC2)CC1. The lowest BCUT2D eigenvalue weighted by molar-refractivity contribution is -0.418. The molecule has 1 heterocycles. The predicted molar refractivity (Wildman–Crippen MR) is 119 cm³/mol. The van der Waals surface area contributed by atoms with E-state index < -0.39 is 12.0 Å². The van der Waals surface area contributed by atoms with Crippen LogP contribution in [0, 0.1) is 41.4 Å². The van der Waals surface area contributed by atoms with Crippen molar-refractivity contribution in [3.05, 3.63) is 12.2 Å². The van der Waals surface area contributed by atoms with Crippen molar-refractivity contribution in [3.63, 3.8) is 0 Å². The van der Waals surface area contributed by atoms with Gasteiger partial charge in [-0.3, -0.25) is 0 Å². The van der Waals surface area contributed by atoms with Crippen molar-refractivity contribution in [3.8, 4) is 0 Å². The first kappa shape index (κ1) is 22.7. The van der Waals surface area contributed by atoms with Crippen LogP contribution in [0.4, 0.5) is 8.78 Å². The van der Waals surface area contributed by atoms with E-state index in [9.17, 15) is 8.78 Å². The van der Waals surface area contributed by atoms with Crippen molar-refractivity contribution in [1.82, 2.24) is 0 Å². The van der Waals surface area contributed by atoms with E-state index >= 15 is 0 Å². The van der Waals surface area contributed by atoms with Gasteiger partial charge in [-0.15, -0.1) is 0 Å². The van der Waals surface area contributed by atoms with Gasteiger partial charge in [0.05, 0.1) is 12.0 Å². The Morgan fingerprint density at radius 1 is 0.767 bits per heavy atom. The van der Waals surface area contributed by atoms with Gasteiger partial charge in [0.2, 0.25) is 0 Å². The molecule has 4 fully saturated rings. The van der Waals surface area contributed by atoms with Crippen LogP contribution in [0.2, 0.25) is 0 Å². The lowest BCUT2D eigenvalue weighted by atomic mass is 9.63. The van der Waals surface area contributed by atoms with Gasteiger partial charge in [0.15, 0.2) is 0 Å². The molecular weight excluding hydrogens is 378 g/mol. The van der Waals surface area contributed by atoms with Gasteiger partial charge in [0.1, 0.15) is 0 Å². The topological polar surface area (TPSA) is 9.23 Å². The minimum absolute atomic E-state index is 0.166. The van der Waals surface area contributed by atoms with Gasteiger partial charge in [0, 0.05) is 0 Å². The Labute approximate surface area is 183 Å². The second-order valence-corrected chi connectivity index (χ2v) is 11.1. The van der Waals surface area contributed by atoms with Crippen LogP contribution in [-0.2, 0) is 4.74 Å². The maximum absolute atomic E-state index is 14.5. The van der Waals surface area contributed by atoms with Gasteiger partial charge in [-0.05, 0) is 107 Å². The minimum Gasteiger partial charge on any atom is -0.316 e. The first-order valence-electron chi connectivity index (χ1n) is 13.2. The molecule has 0 aromatic carbocycles. The van der Waals surface area contributed by atoms with E-state index in [0.717, 1.165) is 49.4 Å². The van der Waals surface area contributed by atoms with Crippen LogP contribution in [0.25, 0.3) is 0 Å². The zero-order chi connectivity index (χ0) is 21.1. The fourth-order valence-corrected chi connectivity index (χ4v) is 7.65. The highest BCUT2D eigenvalue weighted by molar-refractivity contribution is 4.99. The maximum atomic E-state index is 14.5. The fourth-order valence-electron chi connectivity index (χ4n) is 7.65. The first-order valence-corrected chi connectivity index (χ1v) is 13.2. The standard InChI is InChI=1S/C27H44F2O/c1-3-5-19-7-11-21(12-8-19)22-15-17-23(18-16-22)25-26(30-27(25,28)29)24-13-9-20(6-4-2)10-14-24/h3,5,19-26H,4,6-18H2,1-2H3/b5-3+/t19-,20?,21-,22?,23?,24?,25-,26-/m0/s1. The summed E-state index contributed by atoms with van der Waals surface area (Å²) in [6.07, 6.45) is 18.4. The molecule has 0 unspecified atom stereocenters. The van der Waals surface area contributed by atoms with Crippen molar-refractivity contribution in [2.24, 2.45) is 41.4 Å². The summed E-state index contributed by atoms with van der Waals surface area (Å²) in [7, 11) is 0. The number of rotatable bonds is 6. The van der Waals surface area contributed by atoms with E-state index in [1.54, 1.807) is 0 Å². The molecular formula is C27H44F2O. The van der Waals surface area contributed by atoms with Crippen LogP contribution >= 0.6 is 0 Å². The molecule has 1 nitrogen and oxygen atoms in total. The molecule has 3 saturated carbocycles. The molecule has 0 bridgehead atoms. The summed E-state index contributed by atoms with van der Waals surface area (Å²) in [5, 5.41) is 0. The smallest absolute Gasteiger partial charge is 0.316 e. The van der Waals surface area contributed by atoms with Gasteiger partial charge in [-0.25, -0.2) is 0 Å². The van der Waals surface area contributed by atoms with Gasteiger partial charge in [-0.2, -0.15) is 8.78 Å². The zero-order valence-corrected chi connectivity index (χ0v) is 19.3. The molecule has 2 atom stereocenters. The van der Waals surface area contributed by atoms with E-state index in [-0.39, 0.29) is 12.0 Å². The number of hydrogen-bond acceptors (Lipinski definition) is 1. The number of halogens is 2. The molecule has 1 saturated heterocycles. The summed E-state index contributed by atoms with van der Waals surface area (Å²) < 4.78 is 34.3. The van der Waals surface area contributed by atoms with Crippen molar-refractivity contribution >= 4 is 0 Å². The number of allylic oxidation sites excluding steroid dienone is 2. The highest BCUT2D eigenvalue weighted by Crippen LogP contribution is 2.56. The van der Waals surface area contributed by atoms with Crippen LogP contribution in [0.1, 0.15) is 104 Å². The maximum Gasteiger partial charge on any atom is 0.361 e. The largest absolute Gasteiger partial charge is 0.361 e. The Bertz CT molecular complexity index is 549. The monoisotopic (exact) mass is 422 g/mol. The molecule has 3 heteroatoms. The lowest BCUT2D eigenvalue weighted by Gasteiger charge is -2.53. The summed E-state index contributed by atoms with van der Waals surface area (Å²) in [5.74, 6) is 3.28. The van der Waals surface area contributed by atoms with Crippen molar-refractivity contribution in [1.29, 1.82) is 0 Å². The molecule has 172 valence electrons. The second kappa shape index (κ2) is 10.0. The third-order valence-electron chi connectivity index (χ3n) is 9.36. The summed E-state index contributed by atoms with van der Waals surface area (Å²) >= 11 is 0. The minimum atomic E-state index is -2.87. The van der Waals surface area contributed by atoms with Gasteiger partial charge < -0.3 is 4.74 Å². The average molecular weight is 423 g/mol. The highest BCUT2D eigenvalue weighted by atomic mass is 19.3. The third kappa shape index (κ3) is 4.97. The molecule has 0 N–H and O–H groups in total. The molecule has 4 rings (SSSR count). The Morgan fingerprint density at radius 2 is 1.30 bits per heavy atom. The van der Waals surface area contributed by atoms with Gasteiger partial charge >= 0.3 is 6.11 Å². The van der Waals surface area contributed by atoms with E-state index in [1.165, 1.54) is 64.2 Å². The molecule has 0 amide bonds. The zero-order valence-electron chi connectivity index (χ0n) is 19.3. The molecule has 4 aliphatic rings. The lowest BCUT2D eigenvalue weighted by Crippen LogP contribution is -2.61. The van der Waals surface area contributed by atoms with Crippen molar-refractivity contribution in [2.75, 3.05) is 0 Å².